The first-order valence-corrected chi connectivity index (χ1v) is 12.8. The van der Waals surface area contributed by atoms with Crippen molar-refractivity contribution in [1.29, 1.82) is 0 Å². The fourth-order valence-electron chi connectivity index (χ4n) is 4.32. The summed E-state index contributed by atoms with van der Waals surface area (Å²) in [4.78, 5) is 15.4. The van der Waals surface area contributed by atoms with Crippen LogP contribution in [0.2, 0.25) is 0 Å². The fraction of sp³-hybridized carbons (Fsp3) is 0.308. The van der Waals surface area contributed by atoms with E-state index in [2.05, 4.69) is 78.8 Å². The molecule has 0 bridgehead atoms. The number of aryl methyl sites for hydroxylation is 2. The SMILES string of the molecule is CCCCc1cccc(CCCC)c1-c1cccc2c1=c1ccccc1=2.OPOPO. The first-order valence-electron chi connectivity index (χ1n) is 11.0. The van der Waals surface area contributed by atoms with Gasteiger partial charge in [-0.2, -0.15) is 0 Å². The zero-order valence-corrected chi connectivity index (χ0v) is 20.3. The third-order valence-corrected chi connectivity index (χ3v) is 6.48. The van der Waals surface area contributed by atoms with Crippen molar-refractivity contribution in [3.63, 3.8) is 0 Å². The lowest BCUT2D eigenvalue weighted by atomic mass is 9.86. The van der Waals surface area contributed by atoms with Gasteiger partial charge in [0.1, 0.15) is 0 Å². The monoisotopic (exact) mass is 454 g/mol. The molecule has 1 aliphatic carbocycles. The molecule has 0 saturated carbocycles. The van der Waals surface area contributed by atoms with E-state index in [-0.39, 0.29) is 0 Å². The second kappa shape index (κ2) is 12.4. The van der Waals surface area contributed by atoms with Crippen LogP contribution in [0.1, 0.15) is 50.7 Å². The minimum Gasteiger partial charge on any atom is -0.352 e. The Morgan fingerprint density at radius 2 is 1.23 bits per heavy atom. The second-order valence-electron chi connectivity index (χ2n) is 7.72. The molecule has 5 heteroatoms. The lowest BCUT2D eigenvalue weighted by Crippen LogP contribution is -2.01. The van der Waals surface area contributed by atoms with Gasteiger partial charge in [-0.15, -0.1) is 0 Å². The van der Waals surface area contributed by atoms with Gasteiger partial charge in [0.2, 0.25) is 0 Å². The van der Waals surface area contributed by atoms with Crippen LogP contribution in [0.15, 0.2) is 60.7 Å². The van der Waals surface area contributed by atoms with Crippen LogP contribution in [0.5, 0.6) is 0 Å². The number of unbranched alkanes of at least 4 members (excludes halogenated alkanes) is 2. The van der Waals surface area contributed by atoms with Crippen molar-refractivity contribution in [1.82, 2.24) is 0 Å². The molecule has 2 N–H and O–H groups in total. The quantitative estimate of drug-likeness (QED) is 0.270. The standard InChI is InChI=1S/C26H28.H4O3P2/c1-3-5-11-19-13-9-14-20(12-6-4-2)25(19)24-18-10-17-23-21-15-7-8-16-22(21)26(23)24;1-4-3-5-2/h7-10,13-18H,3-6,11-12H2,1-2H3;1-2,4-5H. The molecule has 1 aliphatic rings. The largest absolute Gasteiger partial charge is 0.352 e. The summed E-state index contributed by atoms with van der Waals surface area (Å²) in [7, 11) is -1.16. The molecule has 0 fully saturated rings. The third kappa shape index (κ3) is 5.61. The molecule has 0 amide bonds. The van der Waals surface area contributed by atoms with E-state index in [1.807, 2.05) is 0 Å². The van der Waals surface area contributed by atoms with Gasteiger partial charge in [0.25, 0.3) is 0 Å². The molecule has 0 saturated heterocycles. The molecule has 0 heterocycles. The molecule has 3 nitrogen and oxygen atoms in total. The van der Waals surface area contributed by atoms with E-state index in [0.29, 0.717) is 0 Å². The van der Waals surface area contributed by atoms with Crippen molar-refractivity contribution in [3.8, 4) is 11.1 Å². The molecule has 3 aromatic rings. The van der Waals surface area contributed by atoms with Crippen LogP contribution >= 0.6 is 18.1 Å². The van der Waals surface area contributed by atoms with E-state index in [4.69, 9.17) is 9.79 Å². The highest BCUT2D eigenvalue weighted by molar-refractivity contribution is 7.39. The average Bonchev–Trinajstić information content (AvgIpc) is 2.80. The van der Waals surface area contributed by atoms with Crippen molar-refractivity contribution in [2.75, 3.05) is 0 Å². The molecular formula is C26H32O3P2. The zero-order chi connectivity index (χ0) is 22.1. The molecule has 0 spiro atoms. The summed E-state index contributed by atoms with van der Waals surface area (Å²) in [6.07, 6.45) is 7.36. The fourth-order valence-corrected chi connectivity index (χ4v) is 4.48. The van der Waals surface area contributed by atoms with Gasteiger partial charge >= 0.3 is 0 Å². The average molecular weight is 454 g/mol. The number of hydrogen-bond donors (Lipinski definition) is 2. The maximum Gasteiger partial charge on any atom is 0.158 e. The van der Waals surface area contributed by atoms with Crippen LogP contribution in [0.3, 0.4) is 0 Å². The van der Waals surface area contributed by atoms with Crippen LogP contribution in [-0.2, 0) is 17.2 Å². The second-order valence-corrected chi connectivity index (χ2v) is 8.90. The lowest BCUT2D eigenvalue weighted by molar-refractivity contribution is 0.496. The molecule has 0 aliphatic heterocycles. The Labute approximate surface area is 188 Å². The third-order valence-electron chi connectivity index (χ3n) is 5.75. The maximum absolute atomic E-state index is 7.72. The molecule has 164 valence electrons. The number of benzene rings is 3. The zero-order valence-electron chi connectivity index (χ0n) is 18.3. The Morgan fingerprint density at radius 3 is 1.77 bits per heavy atom. The van der Waals surface area contributed by atoms with E-state index >= 15 is 0 Å². The summed E-state index contributed by atoms with van der Waals surface area (Å²) in [6, 6.07) is 22.7. The predicted molar refractivity (Wildman–Crippen MR) is 133 cm³/mol. The Morgan fingerprint density at radius 1 is 0.677 bits per heavy atom. The number of fused-ring (bicyclic) bond motifs is 2. The summed E-state index contributed by atoms with van der Waals surface area (Å²) in [5, 5.41) is 5.71. The molecule has 2 unspecified atom stereocenters. The molecular weight excluding hydrogens is 422 g/mol. The molecule has 3 aromatic carbocycles. The topological polar surface area (TPSA) is 49.7 Å². The number of rotatable bonds is 9. The Hall–Kier alpha value is -1.60. The van der Waals surface area contributed by atoms with Crippen LogP contribution < -0.4 is 0 Å². The Bertz CT molecular complexity index is 1150. The molecule has 0 radical (unpaired) electrons. The summed E-state index contributed by atoms with van der Waals surface area (Å²) in [5.74, 6) is 0. The normalized spacial score (nSPS) is 11.9. The van der Waals surface area contributed by atoms with Crippen LogP contribution in [0.4, 0.5) is 0 Å². The van der Waals surface area contributed by atoms with Gasteiger partial charge in [0.15, 0.2) is 18.1 Å². The van der Waals surface area contributed by atoms with Gasteiger partial charge in [0.05, 0.1) is 0 Å². The van der Waals surface area contributed by atoms with E-state index in [9.17, 15) is 0 Å². The van der Waals surface area contributed by atoms with E-state index in [0.717, 1.165) is 0 Å². The van der Waals surface area contributed by atoms with Crippen LogP contribution in [0, 0.1) is 20.9 Å². The van der Waals surface area contributed by atoms with Crippen molar-refractivity contribution in [3.05, 3.63) is 92.7 Å². The van der Waals surface area contributed by atoms with Gasteiger partial charge in [-0.05, 0) is 68.8 Å². The van der Waals surface area contributed by atoms with E-state index in [1.165, 1.54) is 81.7 Å². The number of hydrogen-bond acceptors (Lipinski definition) is 3. The molecule has 2 atom stereocenters. The highest BCUT2D eigenvalue weighted by atomic mass is 31.2. The summed E-state index contributed by atoms with van der Waals surface area (Å²) in [5.41, 5.74) is 6.01. The molecule has 0 aromatic heterocycles. The highest BCUT2D eigenvalue weighted by Gasteiger charge is 2.15. The van der Waals surface area contributed by atoms with Gasteiger partial charge in [-0.3, -0.25) is 4.31 Å². The van der Waals surface area contributed by atoms with Gasteiger partial charge in [-0.25, -0.2) is 0 Å². The first kappa shape index (κ1) is 24.1. The minimum atomic E-state index is -0.580. The maximum atomic E-state index is 7.72. The van der Waals surface area contributed by atoms with Gasteiger partial charge in [0, 0.05) is 0 Å². The summed E-state index contributed by atoms with van der Waals surface area (Å²) >= 11 is 0. The van der Waals surface area contributed by atoms with E-state index in [1.54, 1.807) is 0 Å². The van der Waals surface area contributed by atoms with Crippen LogP contribution in [0.25, 0.3) is 11.1 Å². The van der Waals surface area contributed by atoms with Gasteiger partial charge < -0.3 is 9.79 Å². The molecule has 4 rings (SSSR count). The van der Waals surface area contributed by atoms with Crippen molar-refractivity contribution in [2.24, 2.45) is 0 Å². The van der Waals surface area contributed by atoms with Crippen LogP contribution in [-0.4, -0.2) is 9.79 Å². The van der Waals surface area contributed by atoms with E-state index < -0.39 is 18.1 Å². The Balaban J connectivity index is 0.000000491. The smallest absolute Gasteiger partial charge is 0.158 e. The molecule has 31 heavy (non-hydrogen) atoms. The minimum absolute atomic E-state index is 0.580. The highest BCUT2D eigenvalue weighted by Crippen LogP contribution is 2.33. The lowest BCUT2D eigenvalue weighted by Gasteiger charge is -2.18. The first-order chi connectivity index (χ1) is 15.3. The summed E-state index contributed by atoms with van der Waals surface area (Å²) in [6.45, 7) is 4.57. The Kier molecular flexibility index (Phi) is 9.65. The van der Waals surface area contributed by atoms with Gasteiger partial charge in [-0.1, -0.05) is 87.4 Å². The van der Waals surface area contributed by atoms with Crippen molar-refractivity contribution >= 4 is 18.1 Å². The predicted octanol–water partition coefficient (Wildman–Crippen LogP) is 6.93. The summed E-state index contributed by atoms with van der Waals surface area (Å²) < 4.78 is 4.00. The van der Waals surface area contributed by atoms with Crippen molar-refractivity contribution < 1.29 is 14.1 Å². The van der Waals surface area contributed by atoms with Crippen molar-refractivity contribution in [2.45, 2.75) is 52.4 Å².